The minimum atomic E-state index is 0.684. The number of rotatable bonds is 6. The molecule has 0 unspecified atom stereocenters. The van der Waals surface area contributed by atoms with Crippen molar-refractivity contribution >= 4 is 21.7 Å². The second-order valence-electron chi connectivity index (χ2n) is 5.00. The molecule has 1 N–H and O–H groups in total. The summed E-state index contributed by atoms with van der Waals surface area (Å²) in [4.78, 5) is 13.8. The highest BCUT2D eigenvalue weighted by Crippen LogP contribution is 2.27. The summed E-state index contributed by atoms with van der Waals surface area (Å²) in [6, 6.07) is 5.92. The number of nitrogens with one attached hydrogen (secondary N) is 1. The van der Waals surface area contributed by atoms with Gasteiger partial charge in [-0.1, -0.05) is 26.3 Å². The topological polar surface area (TPSA) is 50.7 Å². The van der Waals surface area contributed by atoms with Crippen molar-refractivity contribution in [1.29, 1.82) is 0 Å². The molecule has 2 rings (SSSR count). The van der Waals surface area contributed by atoms with E-state index in [-0.39, 0.29) is 0 Å². The molecule has 0 aliphatic carbocycles. The van der Waals surface area contributed by atoms with Crippen molar-refractivity contribution in [3.05, 3.63) is 34.1 Å². The second kappa shape index (κ2) is 7.50. The van der Waals surface area contributed by atoms with Crippen LogP contribution in [0.2, 0.25) is 0 Å². The molecule has 0 aliphatic heterocycles. The van der Waals surface area contributed by atoms with Gasteiger partial charge in [0.15, 0.2) is 5.82 Å². The summed E-state index contributed by atoms with van der Waals surface area (Å²) in [5.41, 5.74) is 2.82. The molecule has 0 atom stereocenters. The smallest absolute Gasteiger partial charge is 0.180 e. The summed E-state index contributed by atoms with van der Waals surface area (Å²) >= 11 is 3.63. The Morgan fingerprint density at radius 3 is 2.57 bits per heavy atom. The third kappa shape index (κ3) is 4.00. The third-order valence-corrected chi connectivity index (χ3v) is 3.90. The number of nitrogens with zero attached hydrogens (tertiary/aromatic N) is 3. The molecule has 0 spiro atoms. The van der Waals surface area contributed by atoms with E-state index in [1.807, 2.05) is 25.1 Å². The van der Waals surface area contributed by atoms with Gasteiger partial charge in [-0.2, -0.15) is 0 Å². The Balaban J connectivity index is 2.47. The van der Waals surface area contributed by atoms with Gasteiger partial charge in [-0.05, 0) is 47.8 Å². The summed E-state index contributed by atoms with van der Waals surface area (Å²) in [5.74, 6) is 1.54. The van der Waals surface area contributed by atoms with Crippen LogP contribution in [0.3, 0.4) is 0 Å². The lowest BCUT2D eigenvalue weighted by atomic mass is 10.2. The third-order valence-electron chi connectivity index (χ3n) is 3.07. The molecule has 4 nitrogen and oxygen atoms in total. The van der Waals surface area contributed by atoms with Crippen LogP contribution in [0, 0.1) is 6.92 Å². The zero-order valence-electron chi connectivity index (χ0n) is 12.8. The number of hydrogen-bond acceptors (Lipinski definition) is 4. The predicted octanol–water partition coefficient (Wildman–Crippen LogP) is 4.38. The lowest BCUT2D eigenvalue weighted by Gasteiger charge is -2.12. The van der Waals surface area contributed by atoms with Crippen LogP contribution in [0.1, 0.15) is 38.1 Å². The molecule has 21 heavy (non-hydrogen) atoms. The fraction of sp³-hybridized carbons (Fsp3) is 0.438. The van der Waals surface area contributed by atoms with Crippen LogP contribution in [0.5, 0.6) is 0 Å². The van der Waals surface area contributed by atoms with Crippen molar-refractivity contribution in [2.45, 2.75) is 40.0 Å². The first-order valence-electron chi connectivity index (χ1n) is 7.40. The van der Waals surface area contributed by atoms with Gasteiger partial charge >= 0.3 is 0 Å². The Morgan fingerprint density at radius 2 is 1.90 bits per heavy atom. The Morgan fingerprint density at radius 1 is 1.10 bits per heavy atom. The van der Waals surface area contributed by atoms with Crippen LogP contribution in [-0.4, -0.2) is 21.5 Å². The molecule has 0 aromatic carbocycles. The van der Waals surface area contributed by atoms with E-state index in [1.54, 1.807) is 0 Å². The fourth-order valence-electron chi connectivity index (χ4n) is 2.04. The molecule has 112 valence electrons. The maximum atomic E-state index is 4.68. The maximum Gasteiger partial charge on any atom is 0.180 e. The maximum absolute atomic E-state index is 4.68. The van der Waals surface area contributed by atoms with Gasteiger partial charge in [0.05, 0.1) is 10.2 Å². The van der Waals surface area contributed by atoms with E-state index >= 15 is 0 Å². The average Bonchev–Trinajstić information content (AvgIpc) is 2.48. The van der Waals surface area contributed by atoms with Gasteiger partial charge in [0.25, 0.3) is 0 Å². The largest absolute Gasteiger partial charge is 0.369 e. The number of pyridine rings is 1. The van der Waals surface area contributed by atoms with Crippen molar-refractivity contribution in [3.8, 4) is 11.5 Å². The first-order chi connectivity index (χ1) is 10.2. The van der Waals surface area contributed by atoms with Gasteiger partial charge in [0.1, 0.15) is 11.5 Å². The normalized spacial score (nSPS) is 10.7. The van der Waals surface area contributed by atoms with E-state index in [1.165, 1.54) is 0 Å². The van der Waals surface area contributed by atoms with E-state index < -0.39 is 0 Å². The van der Waals surface area contributed by atoms with Crippen LogP contribution in [0.15, 0.2) is 22.7 Å². The van der Waals surface area contributed by atoms with E-state index in [4.69, 9.17) is 0 Å². The van der Waals surface area contributed by atoms with E-state index in [0.29, 0.717) is 5.82 Å². The van der Waals surface area contributed by atoms with Crippen molar-refractivity contribution < 1.29 is 0 Å². The fourth-order valence-corrected chi connectivity index (χ4v) is 2.55. The lowest BCUT2D eigenvalue weighted by Crippen LogP contribution is -2.08. The molecule has 0 radical (unpaired) electrons. The van der Waals surface area contributed by atoms with Crippen molar-refractivity contribution in [2.75, 3.05) is 11.9 Å². The van der Waals surface area contributed by atoms with E-state index in [0.717, 1.165) is 53.2 Å². The SMILES string of the molecule is CCCNc1nc(-c2cccc(C)n2)nc(CCC)c1Br. The van der Waals surface area contributed by atoms with Gasteiger partial charge in [-0.15, -0.1) is 0 Å². The molecule has 0 saturated carbocycles. The minimum absolute atomic E-state index is 0.684. The summed E-state index contributed by atoms with van der Waals surface area (Å²) in [6.07, 6.45) is 3.02. The number of halogens is 1. The van der Waals surface area contributed by atoms with Gasteiger partial charge in [-0.25, -0.2) is 15.0 Å². The molecular formula is C16H21BrN4. The Hall–Kier alpha value is -1.49. The molecule has 0 fully saturated rings. The Bertz CT molecular complexity index is 613. The first-order valence-corrected chi connectivity index (χ1v) is 8.19. The van der Waals surface area contributed by atoms with Crippen LogP contribution < -0.4 is 5.32 Å². The second-order valence-corrected chi connectivity index (χ2v) is 5.79. The monoisotopic (exact) mass is 348 g/mol. The quantitative estimate of drug-likeness (QED) is 0.841. The molecule has 0 saturated heterocycles. The van der Waals surface area contributed by atoms with Gasteiger partial charge in [0, 0.05) is 12.2 Å². The molecule has 0 bridgehead atoms. The van der Waals surface area contributed by atoms with Crippen molar-refractivity contribution in [1.82, 2.24) is 15.0 Å². The molecule has 5 heteroatoms. The molecule has 2 heterocycles. The number of anilines is 1. The molecule has 0 amide bonds. The Labute approximate surface area is 134 Å². The minimum Gasteiger partial charge on any atom is -0.369 e. The number of aromatic nitrogens is 3. The summed E-state index contributed by atoms with van der Waals surface area (Å²) in [7, 11) is 0. The van der Waals surface area contributed by atoms with Crippen LogP contribution in [0.4, 0.5) is 5.82 Å². The predicted molar refractivity (Wildman–Crippen MR) is 90.5 cm³/mol. The average molecular weight is 349 g/mol. The zero-order chi connectivity index (χ0) is 15.2. The van der Waals surface area contributed by atoms with Crippen molar-refractivity contribution in [2.24, 2.45) is 0 Å². The number of aryl methyl sites for hydroxylation is 2. The molecule has 0 aliphatic rings. The van der Waals surface area contributed by atoms with Crippen LogP contribution >= 0.6 is 15.9 Å². The zero-order valence-corrected chi connectivity index (χ0v) is 14.4. The van der Waals surface area contributed by atoms with Gasteiger partial charge in [-0.3, -0.25) is 0 Å². The highest BCUT2D eigenvalue weighted by atomic mass is 79.9. The van der Waals surface area contributed by atoms with Gasteiger partial charge < -0.3 is 5.32 Å². The first kappa shape index (κ1) is 15.9. The summed E-state index contributed by atoms with van der Waals surface area (Å²) < 4.78 is 0.967. The standard InChI is InChI=1S/C16H21BrN4/c1-4-7-12-14(17)16(18-10-5-2)21-15(20-12)13-9-6-8-11(3)19-13/h6,8-9H,4-5,7,10H2,1-3H3,(H,18,20,21). The van der Waals surface area contributed by atoms with Crippen molar-refractivity contribution in [3.63, 3.8) is 0 Å². The summed E-state index contributed by atoms with van der Waals surface area (Å²) in [5, 5.41) is 3.36. The van der Waals surface area contributed by atoms with E-state index in [9.17, 15) is 0 Å². The lowest BCUT2D eigenvalue weighted by molar-refractivity contribution is 0.863. The molecule has 2 aromatic rings. The Kier molecular flexibility index (Phi) is 5.67. The van der Waals surface area contributed by atoms with Crippen LogP contribution in [0.25, 0.3) is 11.5 Å². The van der Waals surface area contributed by atoms with Gasteiger partial charge in [0.2, 0.25) is 0 Å². The highest BCUT2D eigenvalue weighted by Gasteiger charge is 2.13. The molecule has 2 aromatic heterocycles. The highest BCUT2D eigenvalue weighted by molar-refractivity contribution is 9.10. The van der Waals surface area contributed by atoms with Crippen LogP contribution in [-0.2, 0) is 6.42 Å². The molecular weight excluding hydrogens is 328 g/mol. The number of hydrogen-bond donors (Lipinski definition) is 1. The van der Waals surface area contributed by atoms with E-state index in [2.05, 4.69) is 50.0 Å². The summed E-state index contributed by atoms with van der Waals surface area (Å²) in [6.45, 7) is 7.16.